The van der Waals surface area contributed by atoms with Gasteiger partial charge in [-0.1, -0.05) is 20.8 Å². The predicted molar refractivity (Wildman–Crippen MR) is 61.8 cm³/mol. The van der Waals surface area contributed by atoms with Crippen LogP contribution in [-0.2, 0) is 9.52 Å². The van der Waals surface area contributed by atoms with Crippen LogP contribution in [0.4, 0.5) is 0 Å². The van der Waals surface area contributed by atoms with Crippen LogP contribution in [0.3, 0.4) is 0 Å². The van der Waals surface area contributed by atoms with E-state index in [1.165, 1.54) is 6.42 Å². The van der Waals surface area contributed by atoms with Crippen LogP contribution in [0.1, 0.15) is 40.0 Å². The summed E-state index contributed by atoms with van der Waals surface area (Å²) in [5.41, 5.74) is 0.421. The Labute approximate surface area is 82.9 Å². The van der Waals surface area contributed by atoms with Crippen molar-refractivity contribution in [3.8, 4) is 0 Å². The highest BCUT2D eigenvalue weighted by atomic mass is 32.2. The van der Waals surface area contributed by atoms with Gasteiger partial charge in [-0.05, 0) is 46.0 Å². The van der Waals surface area contributed by atoms with Gasteiger partial charge in [0.2, 0.25) is 0 Å². The fraction of sp³-hybridized carbons (Fsp3) is 0.909. The Hall–Kier alpha value is 0.0200. The maximum atomic E-state index is 11.6. The first-order valence-corrected chi connectivity index (χ1v) is 7.18. The third kappa shape index (κ3) is 4.17. The van der Waals surface area contributed by atoms with E-state index in [-0.39, 0.29) is 0 Å². The van der Waals surface area contributed by atoms with E-state index in [4.69, 9.17) is 0 Å². The van der Waals surface area contributed by atoms with Crippen molar-refractivity contribution in [3.63, 3.8) is 0 Å². The van der Waals surface area contributed by atoms with Crippen LogP contribution in [0.5, 0.6) is 0 Å². The van der Waals surface area contributed by atoms with E-state index in [1.54, 1.807) is 0 Å². The highest BCUT2D eigenvalue weighted by Crippen LogP contribution is 2.31. The van der Waals surface area contributed by atoms with Crippen LogP contribution < -0.4 is 0 Å². The van der Waals surface area contributed by atoms with Crippen LogP contribution in [-0.4, -0.2) is 21.6 Å². The Bertz CT molecular complexity index is 242. The normalized spacial score (nSPS) is 36.1. The summed E-state index contributed by atoms with van der Waals surface area (Å²) in [6, 6.07) is 0. The second kappa shape index (κ2) is 3.64. The third-order valence-corrected chi connectivity index (χ3v) is 4.66. The first kappa shape index (κ1) is 11.1. The quantitative estimate of drug-likeness (QED) is 0.597. The summed E-state index contributed by atoms with van der Waals surface area (Å²) in [5.74, 6) is 6.29. The second-order valence-corrected chi connectivity index (χ2v) is 8.33. The molecule has 0 aliphatic carbocycles. The molecule has 0 amide bonds. The molecule has 0 saturated carbocycles. The Kier molecular flexibility index (Phi) is 3.11. The first-order valence-electron chi connectivity index (χ1n) is 5.11. The number of hydrogen-bond acceptors (Lipinski definition) is 1. The molecule has 0 aromatic carbocycles. The lowest BCUT2D eigenvalue weighted by Crippen LogP contribution is -2.25. The molecule has 0 atom stereocenters. The van der Waals surface area contributed by atoms with Gasteiger partial charge in [0, 0.05) is 11.5 Å². The molecule has 1 aliphatic rings. The minimum absolute atomic E-state index is 0.421. The topological polar surface area (TPSA) is 17.1 Å². The molecule has 13 heavy (non-hydrogen) atoms. The highest BCUT2D eigenvalue weighted by Gasteiger charge is 2.24. The SMILES string of the molecule is C=S1(=O)CCC(CC(C)(C)C)CC1. The lowest BCUT2D eigenvalue weighted by molar-refractivity contribution is 0.280. The van der Waals surface area contributed by atoms with Crippen LogP contribution in [0, 0.1) is 11.3 Å². The molecule has 1 saturated heterocycles. The van der Waals surface area contributed by atoms with Crippen LogP contribution >= 0.6 is 0 Å². The molecule has 2 heteroatoms. The molecule has 0 N–H and O–H groups in total. The highest BCUT2D eigenvalue weighted by molar-refractivity contribution is 8.00. The number of rotatable bonds is 1. The van der Waals surface area contributed by atoms with Gasteiger partial charge in [0.25, 0.3) is 0 Å². The summed E-state index contributed by atoms with van der Waals surface area (Å²) in [6.45, 7) is 6.84. The molecular formula is C11H22OS. The summed E-state index contributed by atoms with van der Waals surface area (Å²) in [6.07, 6.45) is 3.52. The summed E-state index contributed by atoms with van der Waals surface area (Å²) in [4.78, 5) is 0. The van der Waals surface area contributed by atoms with E-state index in [0.29, 0.717) is 5.41 Å². The van der Waals surface area contributed by atoms with Gasteiger partial charge in [-0.3, -0.25) is 4.21 Å². The lowest BCUT2D eigenvalue weighted by atomic mass is 9.82. The van der Waals surface area contributed by atoms with Crippen LogP contribution in [0.15, 0.2) is 0 Å². The molecule has 0 bridgehead atoms. The summed E-state index contributed by atoms with van der Waals surface area (Å²) < 4.78 is 11.6. The fourth-order valence-electron chi connectivity index (χ4n) is 2.08. The summed E-state index contributed by atoms with van der Waals surface area (Å²) in [7, 11) is -1.67. The molecule has 1 heterocycles. The Morgan fingerprint density at radius 2 is 1.77 bits per heavy atom. The fourth-order valence-corrected chi connectivity index (χ4v) is 3.81. The van der Waals surface area contributed by atoms with Gasteiger partial charge in [-0.15, -0.1) is 0 Å². The largest absolute Gasteiger partial charge is 0.268 e. The Balaban J connectivity index is 2.43. The molecular weight excluding hydrogens is 180 g/mol. The van der Waals surface area contributed by atoms with Crippen molar-refractivity contribution < 1.29 is 4.21 Å². The molecule has 1 fully saturated rings. The maximum Gasteiger partial charge on any atom is 0.0161 e. The molecule has 0 aromatic heterocycles. The van der Waals surface area contributed by atoms with Crippen molar-refractivity contribution in [2.75, 3.05) is 11.5 Å². The average molecular weight is 202 g/mol. The van der Waals surface area contributed by atoms with E-state index in [9.17, 15) is 4.21 Å². The van der Waals surface area contributed by atoms with Gasteiger partial charge in [0.1, 0.15) is 0 Å². The molecule has 1 nitrogen and oxygen atoms in total. The molecule has 0 radical (unpaired) electrons. The monoisotopic (exact) mass is 202 g/mol. The molecule has 1 rings (SSSR count). The van der Waals surface area contributed by atoms with E-state index in [1.807, 2.05) is 0 Å². The van der Waals surface area contributed by atoms with Gasteiger partial charge in [-0.2, -0.15) is 0 Å². The van der Waals surface area contributed by atoms with Gasteiger partial charge < -0.3 is 0 Å². The standard InChI is InChI=1S/C11H22OS/c1-11(2,3)9-10-5-7-13(4,12)8-6-10/h10H,4-9H2,1-3H3. The van der Waals surface area contributed by atoms with Gasteiger partial charge in [0.05, 0.1) is 0 Å². The second-order valence-electron chi connectivity index (χ2n) is 5.58. The predicted octanol–water partition coefficient (Wildman–Crippen LogP) is 2.55. The third-order valence-electron chi connectivity index (χ3n) is 2.70. The van der Waals surface area contributed by atoms with Crippen LogP contribution in [0.2, 0.25) is 0 Å². The average Bonchev–Trinajstić information content (AvgIpc) is 1.91. The Morgan fingerprint density at radius 1 is 1.31 bits per heavy atom. The molecule has 78 valence electrons. The van der Waals surface area contributed by atoms with Crippen molar-refractivity contribution in [1.29, 1.82) is 0 Å². The van der Waals surface area contributed by atoms with Gasteiger partial charge in [0.15, 0.2) is 0 Å². The van der Waals surface area contributed by atoms with E-state index < -0.39 is 9.52 Å². The summed E-state index contributed by atoms with van der Waals surface area (Å²) in [5, 5.41) is 0. The lowest BCUT2D eigenvalue weighted by Gasteiger charge is -2.30. The minimum Gasteiger partial charge on any atom is -0.268 e. The maximum absolute atomic E-state index is 11.6. The van der Waals surface area contributed by atoms with Crippen molar-refractivity contribution in [3.05, 3.63) is 0 Å². The molecule has 0 unspecified atom stereocenters. The molecule has 0 aromatic rings. The summed E-state index contributed by atoms with van der Waals surface area (Å²) >= 11 is 0. The van der Waals surface area contributed by atoms with Crippen LogP contribution in [0.25, 0.3) is 0 Å². The van der Waals surface area contributed by atoms with E-state index in [2.05, 4.69) is 26.6 Å². The Morgan fingerprint density at radius 3 is 2.15 bits per heavy atom. The van der Waals surface area contributed by atoms with Gasteiger partial charge in [-0.25, -0.2) is 0 Å². The van der Waals surface area contributed by atoms with Crippen molar-refractivity contribution in [1.82, 2.24) is 0 Å². The van der Waals surface area contributed by atoms with Crippen molar-refractivity contribution in [2.45, 2.75) is 40.0 Å². The zero-order valence-electron chi connectivity index (χ0n) is 9.14. The van der Waals surface area contributed by atoms with E-state index >= 15 is 0 Å². The molecule has 0 spiro atoms. The van der Waals surface area contributed by atoms with Crippen molar-refractivity contribution >= 4 is 15.4 Å². The van der Waals surface area contributed by atoms with Crippen molar-refractivity contribution in [2.24, 2.45) is 11.3 Å². The zero-order chi connectivity index (χ0) is 10.1. The smallest absolute Gasteiger partial charge is 0.0161 e. The van der Waals surface area contributed by atoms with Gasteiger partial charge >= 0.3 is 0 Å². The zero-order valence-corrected chi connectivity index (χ0v) is 9.95. The van der Waals surface area contributed by atoms with E-state index in [0.717, 1.165) is 30.3 Å². The molecule has 1 aliphatic heterocycles. The first-order chi connectivity index (χ1) is 5.79. The number of hydrogen-bond donors (Lipinski definition) is 0. The minimum atomic E-state index is -1.67.